The molecule has 2 N–H and O–H groups in total. The summed E-state index contributed by atoms with van der Waals surface area (Å²) in [5, 5.41) is 0. The summed E-state index contributed by atoms with van der Waals surface area (Å²) in [4.78, 5) is 9.40. The normalized spacial score (nSPS) is 17.2. The van der Waals surface area contributed by atoms with E-state index in [9.17, 15) is 0 Å². The van der Waals surface area contributed by atoms with Gasteiger partial charge in [-0.1, -0.05) is 6.07 Å². The molecule has 0 atom stereocenters. The van der Waals surface area contributed by atoms with Crippen molar-refractivity contribution in [1.29, 1.82) is 0 Å². The van der Waals surface area contributed by atoms with Crippen LogP contribution in [-0.2, 0) is 11.3 Å². The molecule has 0 aromatic heterocycles. The minimum Gasteiger partial charge on any atom is -0.368 e. The molecule has 5 heteroatoms. The van der Waals surface area contributed by atoms with Gasteiger partial charge in [0.1, 0.15) is 0 Å². The number of anilines is 1. The van der Waals surface area contributed by atoms with Gasteiger partial charge in [0.15, 0.2) is 0 Å². The lowest BCUT2D eigenvalue weighted by molar-refractivity contribution is 0.141. The van der Waals surface area contributed by atoms with Crippen LogP contribution in [0.4, 0.5) is 5.69 Å². The maximum atomic E-state index is 5.05. The molecule has 1 aromatic rings. The SMILES string of the molecule is CN1CCN(c2ccc(CCON)cc2Br)CC1. The number of nitrogens with two attached hydrogens (primary N) is 1. The summed E-state index contributed by atoms with van der Waals surface area (Å²) in [5.41, 5.74) is 2.52. The van der Waals surface area contributed by atoms with Crippen molar-refractivity contribution in [2.75, 3.05) is 44.7 Å². The molecule has 100 valence electrons. The molecule has 0 unspecified atom stereocenters. The van der Waals surface area contributed by atoms with E-state index in [1.54, 1.807) is 0 Å². The fourth-order valence-electron chi connectivity index (χ4n) is 2.19. The Morgan fingerprint density at radius 3 is 2.61 bits per heavy atom. The number of likely N-dealkylation sites (N-methyl/N-ethyl adjacent to an activating group) is 1. The van der Waals surface area contributed by atoms with Crippen LogP contribution in [0.2, 0.25) is 0 Å². The Bertz CT molecular complexity index is 392. The second-order valence-corrected chi connectivity index (χ2v) is 5.55. The first kappa shape index (κ1) is 13.8. The first-order valence-corrected chi connectivity index (χ1v) is 7.03. The maximum absolute atomic E-state index is 5.05. The van der Waals surface area contributed by atoms with Crippen molar-refractivity contribution in [3.05, 3.63) is 28.2 Å². The fraction of sp³-hybridized carbons (Fsp3) is 0.538. The average Bonchev–Trinajstić information content (AvgIpc) is 2.38. The number of hydrogen-bond donors (Lipinski definition) is 1. The molecule has 0 aliphatic carbocycles. The van der Waals surface area contributed by atoms with Crippen LogP contribution in [-0.4, -0.2) is 44.7 Å². The van der Waals surface area contributed by atoms with Gasteiger partial charge in [0.2, 0.25) is 0 Å². The third kappa shape index (κ3) is 3.45. The van der Waals surface area contributed by atoms with Crippen molar-refractivity contribution in [1.82, 2.24) is 4.90 Å². The quantitative estimate of drug-likeness (QED) is 0.858. The Kier molecular flexibility index (Phi) is 5.00. The van der Waals surface area contributed by atoms with Gasteiger partial charge in [0.05, 0.1) is 12.3 Å². The van der Waals surface area contributed by atoms with Crippen LogP contribution in [0.15, 0.2) is 22.7 Å². The topological polar surface area (TPSA) is 41.7 Å². The van der Waals surface area contributed by atoms with E-state index >= 15 is 0 Å². The number of piperazine rings is 1. The zero-order valence-electron chi connectivity index (χ0n) is 10.7. The molecule has 0 spiro atoms. The summed E-state index contributed by atoms with van der Waals surface area (Å²) in [5.74, 6) is 5.05. The first-order valence-electron chi connectivity index (χ1n) is 6.24. The van der Waals surface area contributed by atoms with Crippen LogP contribution in [0.3, 0.4) is 0 Å². The molecular formula is C13H20BrN3O. The van der Waals surface area contributed by atoms with Gasteiger partial charge < -0.3 is 14.6 Å². The number of benzene rings is 1. The standard InChI is InChI=1S/C13H20BrN3O/c1-16-5-7-17(8-6-16)13-3-2-11(4-9-18-15)10-12(13)14/h2-3,10H,4-9,15H2,1H3. The summed E-state index contributed by atoms with van der Waals surface area (Å²) in [6.45, 7) is 4.96. The van der Waals surface area contributed by atoms with Crippen LogP contribution >= 0.6 is 15.9 Å². The van der Waals surface area contributed by atoms with Crippen LogP contribution < -0.4 is 10.8 Å². The smallest absolute Gasteiger partial charge is 0.0719 e. The molecule has 0 saturated carbocycles. The van der Waals surface area contributed by atoms with Crippen molar-refractivity contribution < 1.29 is 4.84 Å². The Morgan fingerprint density at radius 2 is 2.00 bits per heavy atom. The lowest BCUT2D eigenvalue weighted by Crippen LogP contribution is -2.44. The van der Waals surface area contributed by atoms with Crippen molar-refractivity contribution >= 4 is 21.6 Å². The molecule has 0 amide bonds. The highest BCUT2D eigenvalue weighted by Gasteiger charge is 2.16. The third-order valence-electron chi connectivity index (χ3n) is 3.36. The summed E-state index contributed by atoms with van der Waals surface area (Å²) in [6, 6.07) is 6.49. The minimum atomic E-state index is 0.556. The second kappa shape index (κ2) is 6.52. The number of rotatable bonds is 4. The van der Waals surface area contributed by atoms with Gasteiger partial charge in [-0.3, -0.25) is 0 Å². The zero-order chi connectivity index (χ0) is 13.0. The predicted molar refractivity (Wildman–Crippen MR) is 77.7 cm³/mol. The van der Waals surface area contributed by atoms with Crippen molar-refractivity contribution in [2.45, 2.75) is 6.42 Å². The molecule has 1 fully saturated rings. The van der Waals surface area contributed by atoms with E-state index in [1.807, 2.05) is 0 Å². The van der Waals surface area contributed by atoms with Gasteiger partial charge in [0.25, 0.3) is 0 Å². The summed E-state index contributed by atoms with van der Waals surface area (Å²) < 4.78 is 1.15. The number of hydrogen-bond acceptors (Lipinski definition) is 4. The lowest BCUT2D eigenvalue weighted by atomic mass is 10.1. The van der Waals surface area contributed by atoms with E-state index in [1.165, 1.54) is 11.3 Å². The number of halogens is 1. The first-order chi connectivity index (χ1) is 8.70. The highest BCUT2D eigenvalue weighted by atomic mass is 79.9. The van der Waals surface area contributed by atoms with Gasteiger partial charge in [-0.25, -0.2) is 5.90 Å². The monoisotopic (exact) mass is 313 g/mol. The minimum absolute atomic E-state index is 0.556. The molecular weight excluding hydrogens is 294 g/mol. The molecule has 4 nitrogen and oxygen atoms in total. The highest BCUT2D eigenvalue weighted by molar-refractivity contribution is 9.10. The van der Waals surface area contributed by atoms with Gasteiger partial charge in [-0.05, 0) is 47.1 Å². The van der Waals surface area contributed by atoms with Crippen LogP contribution in [0.1, 0.15) is 5.56 Å². The van der Waals surface area contributed by atoms with E-state index in [0.29, 0.717) is 6.61 Å². The van der Waals surface area contributed by atoms with Gasteiger partial charge in [-0.2, -0.15) is 0 Å². The van der Waals surface area contributed by atoms with Gasteiger partial charge in [-0.15, -0.1) is 0 Å². The van der Waals surface area contributed by atoms with E-state index in [-0.39, 0.29) is 0 Å². The van der Waals surface area contributed by atoms with Crippen LogP contribution in [0.5, 0.6) is 0 Å². The number of nitrogens with zero attached hydrogens (tertiary/aromatic N) is 2. The molecule has 1 saturated heterocycles. The third-order valence-corrected chi connectivity index (χ3v) is 4.00. The second-order valence-electron chi connectivity index (χ2n) is 4.70. The summed E-state index contributed by atoms with van der Waals surface area (Å²) >= 11 is 3.66. The van der Waals surface area contributed by atoms with Gasteiger partial charge >= 0.3 is 0 Å². The predicted octanol–water partition coefficient (Wildman–Crippen LogP) is 1.63. The van der Waals surface area contributed by atoms with Crippen molar-refractivity contribution in [3.63, 3.8) is 0 Å². The summed E-state index contributed by atoms with van der Waals surface area (Å²) in [6.07, 6.45) is 0.845. The molecule has 0 bridgehead atoms. The molecule has 1 aliphatic heterocycles. The van der Waals surface area contributed by atoms with E-state index in [0.717, 1.165) is 37.1 Å². The van der Waals surface area contributed by atoms with Crippen molar-refractivity contribution in [3.8, 4) is 0 Å². The molecule has 18 heavy (non-hydrogen) atoms. The average molecular weight is 314 g/mol. The maximum Gasteiger partial charge on any atom is 0.0719 e. The summed E-state index contributed by atoms with van der Waals surface area (Å²) in [7, 11) is 2.17. The van der Waals surface area contributed by atoms with E-state index in [2.05, 4.69) is 55.8 Å². The largest absolute Gasteiger partial charge is 0.368 e. The Labute approximate surface area is 117 Å². The lowest BCUT2D eigenvalue weighted by Gasteiger charge is -2.34. The molecule has 1 aliphatic rings. The van der Waals surface area contributed by atoms with Crippen LogP contribution in [0, 0.1) is 0 Å². The molecule has 0 radical (unpaired) electrons. The zero-order valence-corrected chi connectivity index (χ0v) is 12.3. The molecule has 2 rings (SSSR count). The fourth-order valence-corrected chi connectivity index (χ4v) is 2.86. The Hall–Kier alpha value is -0.620. The van der Waals surface area contributed by atoms with Crippen LogP contribution in [0.25, 0.3) is 0 Å². The Morgan fingerprint density at radius 1 is 1.28 bits per heavy atom. The van der Waals surface area contributed by atoms with Crippen molar-refractivity contribution in [2.24, 2.45) is 5.90 Å². The highest BCUT2D eigenvalue weighted by Crippen LogP contribution is 2.28. The molecule has 1 heterocycles. The van der Waals surface area contributed by atoms with E-state index in [4.69, 9.17) is 5.90 Å². The molecule has 1 aromatic carbocycles. The van der Waals surface area contributed by atoms with Gasteiger partial charge in [0, 0.05) is 30.7 Å². The van der Waals surface area contributed by atoms with E-state index < -0.39 is 0 Å². The Balaban J connectivity index is 2.05.